The molecule has 0 fully saturated rings. The summed E-state index contributed by atoms with van der Waals surface area (Å²) in [6.07, 6.45) is 0. The van der Waals surface area contributed by atoms with Crippen LogP contribution in [0, 0.1) is 19.7 Å². The van der Waals surface area contributed by atoms with Gasteiger partial charge in [0.15, 0.2) is 0 Å². The first-order valence-corrected chi connectivity index (χ1v) is 11.2. The maximum Gasteiger partial charge on any atom is 0.234 e. The number of oxazole rings is 1. The minimum Gasteiger partial charge on any atom is -0.419 e. The number of rotatable bonds is 6. The number of aromatic nitrogens is 1. The third-order valence-corrected chi connectivity index (χ3v) is 6.49. The molecule has 5 nitrogen and oxygen atoms in total. The van der Waals surface area contributed by atoms with E-state index in [1.54, 1.807) is 36.4 Å². The molecule has 7 heteroatoms. The molecule has 0 radical (unpaired) electrons. The van der Waals surface area contributed by atoms with E-state index < -0.39 is 9.84 Å². The Hall–Kier alpha value is -3.45. The second-order valence-corrected chi connectivity index (χ2v) is 9.18. The number of halogens is 1. The first-order valence-electron chi connectivity index (χ1n) is 9.71. The monoisotopic (exact) mass is 436 g/mol. The summed E-state index contributed by atoms with van der Waals surface area (Å²) in [7, 11) is -3.92. The molecule has 0 saturated carbocycles. The molecule has 31 heavy (non-hydrogen) atoms. The number of aryl methyl sites for hydroxylation is 2. The van der Waals surface area contributed by atoms with Crippen molar-refractivity contribution < 1.29 is 17.2 Å². The van der Waals surface area contributed by atoms with Gasteiger partial charge >= 0.3 is 0 Å². The molecule has 1 heterocycles. The molecule has 0 amide bonds. The van der Waals surface area contributed by atoms with Gasteiger partial charge in [0.1, 0.15) is 5.82 Å². The summed E-state index contributed by atoms with van der Waals surface area (Å²) < 4.78 is 45.7. The molecule has 3 aromatic carbocycles. The van der Waals surface area contributed by atoms with E-state index in [1.165, 1.54) is 12.1 Å². The van der Waals surface area contributed by atoms with Crippen LogP contribution < -0.4 is 5.32 Å². The fourth-order valence-corrected chi connectivity index (χ4v) is 4.39. The standard InChI is InChI=1S/C24H21FN2O3S/c1-16-6-12-21(13-7-16)31(28,29)24-23(26-15-18-8-10-20(25)11-9-18)30-22(27-24)19-5-3-4-17(2)14-19/h3-14,26H,15H2,1-2H3. The average molecular weight is 437 g/mol. The highest BCUT2D eigenvalue weighted by atomic mass is 32.2. The van der Waals surface area contributed by atoms with E-state index in [1.807, 2.05) is 38.1 Å². The zero-order chi connectivity index (χ0) is 22.0. The van der Waals surface area contributed by atoms with Gasteiger partial charge in [-0.2, -0.15) is 4.98 Å². The Morgan fingerprint density at radius 3 is 2.32 bits per heavy atom. The fourth-order valence-electron chi connectivity index (χ4n) is 3.12. The summed E-state index contributed by atoms with van der Waals surface area (Å²) in [6.45, 7) is 4.07. The second-order valence-electron chi connectivity index (χ2n) is 7.32. The Bertz CT molecular complexity index is 1310. The predicted molar refractivity (Wildman–Crippen MR) is 117 cm³/mol. The normalized spacial score (nSPS) is 11.5. The van der Waals surface area contributed by atoms with Crippen molar-refractivity contribution in [1.82, 2.24) is 4.98 Å². The average Bonchev–Trinajstić information content (AvgIpc) is 3.19. The lowest BCUT2D eigenvalue weighted by Gasteiger charge is -2.07. The highest BCUT2D eigenvalue weighted by molar-refractivity contribution is 7.91. The zero-order valence-corrected chi connectivity index (χ0v) is 17.9. The van der Waals surface area contributed by atoms with Crippen molar-refractivity contribution in [3.05, 3.63) is 95.3 Å². The number of nitrogens with one attached hydrogen (secondary N) is 1. The van der Waals surface area contributed by atoms with Crippen molar-refractivity contribution in [3.63, 3.8) is 0 Å². The summed E-state index contributed by atoms with van der Waals surface area (Å²) in [5.41, 5.74) is 3.40. The number of nitrogens with zero attached hydrogens (tertiary/aromatic N) is 1. The number of hydrogen-bond acceptors (Lipinski definition) is 5. The highest BCUT2D eigenvalue weighted by Crippen LogP contribution is 2.33. The first-order chi connectivity index (χ1) is 14.8. The number of anilines is 1. The molecular formula is C24H21FN2O3S. The van der Waals surface area contributed by atoms with Crippen molar-refractivity contribution in [2.24, 2.45) is 0 Å². The van der Waals surface area contributed by atoms with Crippen molar-refractivity contribution in [2.45, 2.75) is 30.3 Å². The summed E-state index contributed by atoms with van der Waals surface area (Å²) in [6, 6.07) is 20.0. The minimum absolute atomic E-state index is 0.0430. The quantitative estimate of drug-likeness (QED) is 0.429. The molecule has 0 aliphatic heterocycles. The third kappa shape index (κ3) is 4.51. The van der Waals surface area contributed by atoms with Gasteiger partial charge in [-0.25, -0.2) is 12.8 Å². The van der Waals surface area contributed by atoms with Gasteiger partial charge in [0, 0.05) is 12.1 Å². The molecular weight excluding hydrogens is 415 g/mol. The molecule has 1 N–H and O–H groups in total. The van der Waals surface area contributed by atoms with E-state index in [4.69, 9.17) is 4.42 Å². The van der Waals surface area contributed by atoms with E-state index in [-0.39, 0.29) is 34.1 Å². The van der Waals surface area contributed by atoms with E-state index in [0.29, 0.717) is 5.56 Å². The van der Waals surface area contributed by atoms with Crippen LogP contribution in [0.4, 0.5) is 10.3 Å². The summed E-state index contributed by atoms with van der Waals surface area (Å²) in [4.78, 5) is 4.47. The number of benzene rings is 3. The topological polar surface area (TPSA) is 72.2 Å². The SMILES string of the molecule is Cc1ccc(S(=O)(=O)c2nc(-c3cccc(C)c3)oc2NCc2ccc(F)cc2)cc1. The van der Waals surface area contributed by atoms with Crippen LogP contribution in [0.2, 0.25) is 0 Å². The van der Waals surface area contributed by atoms with Crippen molar-refractivity contribution >= 4 is 15.7 Å². The maximum atomic E-state index is 13.3. The van der Waals surface area contributed by atoms with E-state index in [0.717, 1.165) is 16.7 Å². The highest BCUT2D eigenvalue weighted by Gasteiger charge is 2.28. The van der Waals surface area contributed by atoms with Gasteiger partial charge in [-0.3, -0.25) is 0 Å². The number of hydrogen-bond donors (Lipinski definition) is 1. The van der Waals surface area contributed by atoms with Gasteiger partial charge in [0.05, 0.1) is 4.90 Å². The largest absolute Gasteiger partial charge is 0.419 e. The molecule has 4 rings (SSSR count). The van der Waals surface area contributed by atoms with Gasteiger partial charge in [-0.15, -0.1) is 0 Å². The first kappa shape index (κ1) is 20.8. The lowest BCUT2D eigenvalue weighted by atomic mass is 10.1. The second kappa shape index (κ2) is 8.35. The summed E-state index contributed by atoms with van der Waals surface area (Å²) >= 11 is 0. The Labute approximate surface area is 180 Å². The van der Waals surface area contributed by atoms with Crippen LogP contribution in [0.1, 0.15) is 16.7 Å². The van der Waals surface area contributed by atoms with Crippen LogP contribution in [-0.2, 0) is 16.4 Å². The van der Waals surface area contributed by atoms with Crippen molar-refractivity contribution in [1.29, 1.82) is 0 Å². The minimum atomic E-state index is -3.92. The molecule has 158 valence electrons. The molecule has 0 saturated heterocycles. The Morgan fingerprint density at radius 2 is 1.65 bits per heavy atom. The molecule has 4 aromatic rings. The lowest BCUT2D eigenvalue weighted by molar-refractivity contribution is 0.576. The van der Waals surface area contributed by atoms with Gasteiger partial charge in [-0.05, 0) is 55.8 Å². The molecule has 0 unspecified atom stereocenters. The molecule has 0 spiro atoms. The van der Waals surface area contributed by atoms with Crippen LogP contribution in [0.15, 0.2) is 87.1 Å². The van der Waals surface area contributed by atoms with E-state index in [9.17, 15) is 12.8 Å². The lowest BCUT2D eigenvalue weighted by Crippen LogP contribution is -2.07. The van der Waals surface area contributed by atoms with Gasteiger partial charge < -0.3 is 9.73 Å². The molecule has 0 atom stereocenters. The third-order valence-electron chi connectivity index (χ3n) is 4.81. The zero-order valence-electron chi connectivity index (χ0n) is 17.1. The van der Waals surface area contributed by atoms with Crippen LogP contribution in [0.3, 0.4) is 0 Å². The van der Waals surface area contributed by atoms with Crippen LogP contribution in [-0.4, -0.2) is 13.4 Å². The summed E-state index contributed by atoms with van der Waals surface area (Å²) in [5, 5.41) is 2.83. The Balaban J connectivity index is 1.76. The van der Waals surface area contributed by atoms with Crippen LogP contribution in [0.25, 0.3) is 11.5 Å². The number of sulfone groups is 1. The molecule has 0 bridgehead atoms. The Kier molecular flexibility index (Phi) is 5.61. The van der Waals surface area contributed by atoms with Crippen molar-refractivity contribution in [3.8, 4) is 11.5 Å². The van der Waals surface area contributed by atoms with Gasteiger partial charge in [0.2, 0.25) is 26.6 Å². The maximum absolute atomic E-state index is 13.3. The fraction of sp³-hybridized carbons (Fsp3) is 0.125. The van der Waals surface area contributed by atoms with Gasteiger partial charge in [0.25, 0.3) is 0 Å². The van der Waals surface area contributed by atoms with E-state index >= 15 is 0 Å². The van der Waals surface area contributed by atoms with E-state index in [2.05, 4.69) is 10.3 Å². The van der Waals surface area contributed by atoms with Crippen molar-refractivity contribution in [2.75, 3.05) is 5.32 Å². The molecule has 0 aliphatic rings. The summed E-state index contributed by atoms with van der Waals surface area (Å²) in [5.74, 6) is -0.0924. The molecule has 1 aromatic heterocycles. The molecule has 0 aliphatic carbocycles. The van der Waals surface area contributed by atoms with Gasteiger partial charge in [-0.1, -0.05) is 47.5 Å². The Morgan fingerprint density at radius 1 is 0.935 bits per heavy atom. The smallest absolute Gasteiger partial charge is 0.234 e. The van der Waals surface area contributed by atoms with Crippen LogP contribution >= 0.6 is 0 Å². The van der Waals surface area contributed by atoms with Crippen LogP contribution in [0.5, 0.6) is 0 Å². The predicted octanol–water partition coefficient (Wildman–Crippen LogP) is 5.54.